The van der Waals surface area contributed by atoms with Crippen molar-refractivity contribution in [1.29, 1.82) is 0 Å². The maximum Gasteiger partial charge on any atom is 0.191 e. The van der Waals surface area contributed by atoms with Crippen molar-refractivity contribution < 1.29 is 9.13 Å². The number of hydrogen-bond donors (Lipinski definition) is 0. The molecule has 0 spiro atoms. The summed E-state index contributed by atoms with van der Waals surface area (Å²) in [5, 5.41) is 9.49. The van der Waals surface area contributed by atoms with Crippen LogP contribution in [0.25, 0.3) is 11.4 Å². The van der Waals surface area contributed by atoms with E-state index in [1.807, 2.05) is 24.3 Å². The number of aromatic nitrogens is 3. The van der Waals surface area contributed by atoms with Crippen molar-refractivity contribution in [3.8, 4) is 17.1 Å². The van der Waals surface area contributed by atoms with Crippen LogP contribution in [0.3, 0.4) is 0 Å². The van der Waals surface area contributed by atoms with Crippen molar-refractivity contribution >= 4 is 11.8 Å². The summed E-state index contributed by atoms with van der Waals surface area (Å²) in [4.78, 5) is 0. The number of halogens is 1. The van der Waals surface area contributed by atoms with E-state index in [0.717, 1.165) is 40.2 Å². The molecule has 0 unspecified atom stereocenters. The topological polar surface area (TPSA) is 39.9 Å². The average Bonchev–Trinajstić information content (AvgIpc) is 3.04. The second-order valence-electron chi connectivity index (χ2n) is 5.19. The Labute approximate surface area is 144 Å². The Bertz CT molecular complexity index is 800. The van der Waals surface area contributed by atoms with Crippen LogP contribution in [0, 0.1) is 5.82 Å². The van der Waals surface area contributed by atoms with E-state index in [2.05, 4.69) is 21.7 Å². The van der Waals surface area contributed by atoms with Crippen molar-refractivity contribution in [2.24, 2.45) is 0 Å². The first-order chi connectivity index (χ1) is 11.7. The van der Waals surface area contributed by atoms with Crippen LogP contribution < -0.4 is 4.74 Å². The predicted octanol–water partition coefficient (Wildman–Crippen LogP) is 4.41. The SMILES string of the molecule is CCn1c(SCc2ccc(F)cc2)nnc1-c1ccc(OC)cc1. The highest BCUT2D eigenvalue weighted by Crippen LogP contribution is 2.27. The van der Waals surface area contributed by atoms with Gasteiger partial charge in [-0.2, -0.15) is 0 Å². The number of methoxy groups -OCH3 is 1. The van der Waals surface area contributed by atoms with E-state index in [1.165, 1.54) is 12.1 Å². The van der Waals surface area contributed by atoms with Crippen LogP contribution in [0.1, 0.15) is 12.5 Å². The smallest absolute Gasteiger partial charge is 0.191 e. The van der Waals surface area contributed by atoms with Gasteiger partial charge in [-0.05, 0) is 48.9 Å². The van der Waals surface area contributed by atoms with Gasteiger partial charge < -0.3 is 9.30 Å². The second kappa shape index (κ2) is 7.49. The molecule has 4 nitrogen and oxygen atoms in total. The summed E-state index contributed by atoms with van der Waals surface area (Å²) < 4.78 is 20.2. The fourth-order valence-electron chi connectivity index (χ4n) is 2.36. The van der Waals surface area contributed by atoms with E-state index < -0.39 is 0 Å². The monoisotopic (exact) mass is 343 g/mol. The Kier molecular flexibility index (Phi) is 5.15. The van der Waals surface area contributed by atoms with Gasteiger partial charge in [0.1, 0.15) is 11.6 Å². The number of hydrogen-bond acceptors (Lipinski definition) is 4. The quantitative estimate of drug-likeness (QED) is 0.622. The molecule has 0 saturated carbocycles. The van der Waals surface area contributed by atoms with Crippen molar-refractivity contribution in [3.63, 3.8) is 0 Å². The zero-order valence-corrected chi connectivity index (χ0v) is 14.4. The third-order valence-electron chi connectivity index (χ3n) is 3.66. The van der Waals surface area contributed by atoms with E-state index in [-0.39, 0.29) is 5.82 Å². The molecule has 0 aliphatic rings. The van der Waals surface area contributed by atoms with E-state index in [9.17, 15) is 4.39 Å². The zero-order chi connectivity index (χ0) is 16.9. The first-order valence-corrected chi connectivity index (χ1v) is 8.64. The molecule has 6 heteroatoms. The molecule has 0 saturated heterocycles. The molecule has 1 aromatic heterocycles. The molecule has 3 aromatic rings. The highest BCUT2D eigenvalue weighted by Gasteiger charge is 2.13. The Morgan fingerprint density at radius 3 is 2.38 bits per heavy atom. The number of ether oxygens (including phenoxy) is 1. The molecule has 124 valence electrons. The van der Waals surface area contributed by atoms with Gasteiger partial charge in [-0.3, -0.25) is 0 Å². The molecular formula is C18H18FN3OS. The van der Waals surface area contributed by atoms with Crippen LogP contribution in [0.4, 0.5) is 4.39 Å². The fourth-order valence-corrected chi connectivity index (χ4v) is 3.32. The molecule has 0 bridgehead atoms. The summed E-state index contributed by atoms with van der Waals surface area (Å²) in [7, 11) is 1.65. The predicted molar refractivity (Wildman–Crippen MR) is 93.6 cm³/mol. The average molecular weight is 343 g/mol. The lowest BCUT2D eigenvalue weighted by Gasteiger charge is -2.08. The van der Waals surface area contributed by atoms with Gasteiger partial charge in [0.15, 0.2) is 11.0 Å². The number of nitrogens with zero attached hydrogens (tertiary/aromatic N) is 3. The van der Waals surface area contributed by atoms with Gasteiger partial charge in [0, 0.05) is 17.9 Å². The van der Waals surface area contributed by atoms with Gasteiger partial charge in [0.05, 0.1) is 7.11 Å². The van der Waals surface area contributed by atoms with Gasteiger partial charge in [-0.1, -0.05) is 23.9 Å². The number of rotatable bonds is 6. The van der Waals surface area contributed by atoms with Crippen LogP contribution in [-0.4, -0.2) is 21.9 Å². The van der Waals surface area contributed by atoms with Crippen molar-refractivity contribution in [3.05, 3.63) is 59.9 Å². The molecule has 1 heterocycles. The van der Waals surface area contributed by atoms with Crippen LogP contribution in [0.5, 0.6) is 5.75 Å². The summed E-state index contributed by atoms with van der Waals surface area (Å²) >= 11 is 1.60. The molecule has 0 aliphatic carbocycles. The van der Waals surface area contributed by atoms with E-state index in [1.54, 1.807) is 31.0 Å². The molecule has 0 N–H and O–H groups in total. The van der Waals surface area contributed by atoms with Crippen molar-refractivity contribution in [2.75, 3.05) is 7.11 Å². The lowest BCUT2D eigenvalue weighted by molar-refractivity contribution is 0.415. The summed E-state index contributed by atoms with van der Waals surface area (Å²) in [6.45, 7) is 2.85. The van der Waals surface area contributed by atoms with Crippen LogP contribution in [0.2, 0.25) is 0 Å². The van der Waals surface area contributed by atoms with Crippen LogP contribution >= 0.6 is 11.8 Å². The molecule has 0 aliphatic heterocycles. The molecular weight excluding hydrogens is 325 g/mol. The van der Waals surface area contributed by atoms with Crippen molar-refractivity contribution in [2.45, 2.75) is 24.4 Å². The highest BCUT2D eigenvalue weighted by atomic mass is 32.2. The minimum absolute atomic E-state index is 0.220. The molecule has 0 fully saturated rings. The van der Waals surface area contributed by atoms with E-state index in [4.69, 9.17) is 4.74 Å². The first-order valence-electron chi connectivity index (χ1n) is 7.66. The molecule has 0 radical (unpaired) electrons. The van der Waals surface area contributed by atoms with Gasteiger partial charge in [0.25, 0.3) is 0 Å². The standard InChI is InChI=1S/C18H18FN3OS/c1-3-22-17(14-6-10-16(23-2)11-7-14)20-21-18(22)24-12-13-4-8-15(19)9-5-13/h4-11H,3,12H2,1-2H3. The molecule has 24 heavy (non-hydrogen) atoms. The lowest BCUT2D eigenvalue weighted by Crippen LogP contribution is -2.00. The van der Waals surface area contributed by atoms with E-state index >= 15 is 0 Å². The highest BCUT2D eigenvalue weighted by molar-refractivity contribution is 7.98. The van der Waals surface area contributed by atoms with Crippen LogP contribution in [-0.2, 0) is 12.3 Å². The first kappa shape index (κ1) is 16.5. The normalized spacial score (nSPS) is 10.8. The third kappa shape index (κ3) is 3.59. The zero-order valence-electron chi connectivity index (χ0n) is 13.6. The molecule has 0 atom stereocenters. The lowest BCUT2D eigenvalue weighted by atomic mass is 10.2. The largest absolute Gasteiger partial charge is 0.497 e. The maximum atomic E-state index is 13.0. The van der Waals surface area contributed by atoms with Crippen LogP contribution in [0.15, 0.2) is 53.7 Å². The van der Waals surface area contributed by atoms with Crippen molar-refractivity contribution in [1.82, 2.24) is 14.8 Å². The summed E-state index contributed by atoms with van der Waals surface area (Å²) in [5.41, 5.74) is 2.05. The summed E-state index contributed by atoms with van der Waals surface area (Å²) in [6.07, 6.45) is 0. The molecule has 2 aromatic carbocycles. The Hall–Kier alpha value is -2.34. The fraction of sp³-hybridized carbons (Fsp3) is 0.222. The molecule has 3 rings (SSSR count). The number of benzene rings is 2. The second-order valence-corrected chi connectivity index (χ2v) is 6.14. The van der Waals surface area contributed by atoms with Gasteiger partial charge in [-0.25, -0.2) is 4.39 Å². The minimum Gasteiger partial charge on any atom is -0.497 e. The minimum atomic E-state index is -0.220. The van der Waals surface area contributed by atoms with E-state index in [0.29, 0.717) is 0 Å². The maximum absolute atomic E-state index is 13.0. The molecule has 0 amide bonds. The van der Waals surface area contributed by atoms with Gasteiger partial charge >= 0.3 is 0 Å². The van der Waals surface area contributed by atoms with Gasteiger partial charge in [0.2, 0.25) is 0 Å². The van der Waals surface area contributed by atoms with Gasteiger partial charge in [-0.15, -0.1) is 10.2 Å². The Morgan fingerprint density at radius 1 is 1.04 bits per heavy atom. The Morgan fingerprint density at radius 2 is 1.75 bits per heavy atom. The third-order valence-corrected chi connectivity index (χ3v) is 4.70. The summed E-state index contributed by atoms with van der Waals surface area (Å²) in [5.74, 6) is 2.15. The number of thioether (sulfide) groups is 1. The summed E-state index contributed by atoms with van der Waals surface area (Å²) in [6, 6.07) is 14.3. The Balaban J connectivity index is 1.79.